The van der Waals surface area contributed by atoms with E-state index in [2.05, 4.69) is 13.8 Å². The van der Waals surface area contributed by atoms with Crippen molar-refractivity contribution < 1.29 is 9.47 Å². The second-order valence-electron chi connectivity index (χ2n) is 4.75. The highest BCUT2D eigenvalue weighted by atomic mass is 35.5. The van der Waals surface area contributed by atoms with E-state index in [1.54, 1.807) is 7.11 Å². The molecule has 0 heterocycles. The van der Waals surface area contributed by atoms with E-state index in [-0.39, 0.29) is 0 Å². The fourth-order valence-electron chi connectivity index (χ4n) is 1.77. The fraction of sp³-hybridized carbons (Fsp3) is 0.250. The van der Waals surface area contributed by atoms with Crippen molar-refractivity contribution in [1.82, 2.24) is 0 Å². The highest BCUT2D eigenvalue weighted by Gasteiger charge is 2.12. The molecule has 0 bridgehead atoms. The molecule has 0 saturated heterocycles. The minimum absolute atomic E-state index is 0.361. The van der Waals surface area contributed by atoms with Gasteiger partial charge in [0.15, 0.2) is 5.75 Å². The molecule has 0 unspecified atom stereocenters. The van der Waals surface area contributed by atoms with Crippen LogP contribution in [0.1, 0.15) is 25.3 Å². The van der Waals surface area contributed by atoms with Crippen molar-refractivity contribution in [2.45, 2.75) is 19.8 Å². The van der Waals surface area contributed by atoms with E-state index in [1.165, 1.54) is 0 Å². The topological polar surface area (TPSA) is 18.5 Å². The van der Waals surface area contributed by atoms with Crippen LogP contribution in [-0.2, 0) is 0 Å². The van der Waals surface area contributed by atoms with Crippen LogP contribution in [0.3, 0.4) is 0 Å². The molecule has 0 aliphatic carbocycles. The number of halogens is 2. The maximum Gasteiger partial charge on any atom is 0.164 e. The Labute approximate surface area is 129 Å². The van der Waals surface area contributed by atoms with Crippen molar-refractivity contribution in [3.63, 3.8) is 0 Å². The van der Waals surface area contributed by atoms with Crippen LogP contribution < -0.4 is 9.47 Å². The first-order valence-electron chi connectivity index (χ1n) is 6.32. The Morgan fingerprint density at radius 3 is 1.85 bits per heavy atom. The summed E-state index contributed by atoms with van der Waals surface area (Å²) in [4.78, 5) is 0. The molecule has 0 N–H and O–H groups in total. The van der Waals surface area contributed by atoms with Gasteiger partial charge in [0.1, 0.15) is 11.5 Å². The van der Waals surface area contributed by atoms with E-state index in [0.29, 0.717) is 27.5 Å². The minimum atomic E-state index is 0.361. The first-order chi connectivity index (χ1) is 9.51. The van der Waals surface area contributed by atoms with Gasteiger partial charge in [-0.2, -0.15) is 0 Å². The van der Waals surface area contributed by atoms with Gasteiger partial charge in [0.25, 0.3) is 0 Å². The van der Waals surface area contributed by atoms with Crippen LogP contribution in [0.5, 0.6) is 17.2 Å². The molecule has 106 valence electrons. The molecule has 2 aromatic carbocycles. The standard InChI is InChI=1S/C16H16Cl2O2/c1-10(2)11-8-14(17)16(15(18)9-11)20-13-6-4-12(19-3)5-7-13/h4-10H,1-3H3. The third kappa shape index (κ3) is 3.38. The van der Waals surface area contributed by atoms with Gasteiger partial charge >= 0.3 is 0 Å². The molecule has 0 aliphatic heterocycles. The van der Waals surface area contributed by atoms with Crippen LogP contribution in [0, 0.1) is 0 Å². The molecule has 0 atom stereocenters. The SMILES string of the molecule is COc1ccc(Oc2c(Cl)cc(C(C)C)cc2Cl)cc1. The van der Waals surface area contributed by atoms with Crippen LogP contribution in [0.4, 0.5) is 0 Å². The number of hydrogen-bond donors (Lipinski definition) is 0. The maximum atomic E-state index is 6.25. The first-order valence-corrected chi connectivity index (χ1v) is 7.07. The molecule has 20 heavy (non-hydrogen) atoms. The van der Waals surface area contributed by atoms with Gasteiger partial charge in [-0.05, 0) is 47.9 Å². The van der Waals surface area contributed by atoms with Crippen LogP contribution in [0.2, 0.25) is 10.0 Å². The summed E-state index contributed by atoms with van der Waals surface area (Å²) in [7, 11) is 1.62. The van der Waals surface area contributed by atoms with Gasteiger partial charge in [-0.1, -0.05) is 37.0 Å². The summed E-state index contributed by atoms with van der Waals surface area (Å²) in [5.41, 5.74) is 1.09. The smallest absolute Gasteiger partial charge is 0.164 e. The summed E-state index contributed by atoms with van der Waals surface area (Å²) in [5.74, 6) is 2.26. The molecular weight excluding hydrogens is 295 g/mol. The van der Waals surface area contributed by atoms with Gasteiger partial charge in [-0.15, -0.1) is 0 Å². The van der Waals surface area contributed by atoms with Crippen molar-refractivity contribution in [2.75, 3.05) is 7.11 Å². The maximum absolute atomic E-state index is 6.25. The molecule has 4 heteroatoms. The Hall–Kier alpha value is -1.38. The Balaban J connectivity index is 2.28. The number of hydrogen-bond acceptors (Lipinski definition) is 2. The van der Waals surface area contributed by atoms with Crippen LogP contribution in [-0.4, -0.2) is 7.11 Å². The van der Waals surface area contributed by atoms with Crippen LogP contribution >= 0.6 is 23.2 Å². The predicted octanol–water partition coefficient (Wildman–Crippen LogP) is 5.92. The average molecular weight is 311 g/mol. The Bertz CT molecular complexity index is 569. The predicted molar refractivity (Wildman–Crippen MR) is 83.6 cm³/mol. The summed E-state index contributed by atoms with van der Waals surface area (Å²) >= 11 is 12.5. The summed E-state index contributed by atoms with van der Waals surface area (Å²) in [5, 5.41) is 1.02. The highest BCUT2D eigenvalue weighted by molar-refractivity contribution is 6.37. The van der Waals surface area contributed by atoms with Crippen molar-refractivity contribution in [1.29, 1.82) is 0 Å². The lowest BCUT2D eigenvalue weighted by Gasteiger charge is -2.13. The third-order valence-corrected chi connectivity index (χ3v) is 3.53. The Morgan fingerprint density at radius 1 is 0.900 bits per heavy atom. The Morgan fingerprint density at radius 2 is 1.40 bits per heavy atom. The monoisotopic (exact) mass is 310 g/mol. The summed E-state index contributed by atoms with van der Waals surface area (Å²) in [6.45, 7) is 4.18. The van der Waals surface area contributed by atoms with Gasteiger partial charge < -0.3 is 9.47 Å². The van der Waals surface area contributed by atoms with Crippen LogP contribution in [0.15, 0.2) is 36.4 Å². The lowest BCUT2D eigenvalue weighted by Crippen LogP contribution is -1.92. The minimum Gasteiger partial charge on any atom is -0.497 e. The average Bonchev–Trinajstić information content (AvgIpc) is 2.43. The zero-order valence-electron chi connectivity index (χ0n) is 11.6. The van der Waals surface area contributed by atoms with E-state index < -0.39 is 0 Å². The molecule has 0 amide bonds. The van der Waals surface area contributed by atoms with Gasteiger partial charge in [0.05, 0.1) is 17.2 Å². The molecule has 0 radical (unpaired) electrons. The molecule has 2 aromatic rings. The van der Waals surface area contributed by atoms with Gasteiger partial charge in [-0.25, -0.2) is 0 Å². The van der Waals surface area contributed by atoms with Gasteiger partial charge in [0, 0.05) is 0 Å². The van der Waals surface area contributed by atoms with Gasteiger partial charge in [0.2, 0.25) is 0 Å². The van der Waals surface area contributed by atoms with E-state index >= 15 is 0 Å². The molecular formula is C16H16Cl2O2. The lowest BCUT2D eigenvalue weighted by molar-refractivity contribution is 0.413. The summed E-state index contributed by atoms with van der Waals surface area (Å²) in [6.07, 6.45) is 0. The molecule has 0 spiro atoms. The largest absolute Gasteiger partial charge is 0.497 e. The molecule has 0 saturated carbocycles. The van der Waals surface area contributed by atoms with E-state index in [1.807, 2.05) is 36.4 Å². The lowest BCUT2D eigenvalue weighted by atomic mass is 10.0. The Kier molecular flexibility index (Phi) is 4.79. The third-order valence-electron chi connectivity index (χ3n) is 2.97. The first kappa shape index (κ1) is 15.0. The number of methoxy groups -OCH3 is 1. The van der Waals surface area contributed by atoms with Crippen molar-refractivity contribution in [2.24, 2.45) is 0 Å². The van der Waals surface area contributed by atoms with Crippen molar-refractivity contribution in [3.05, 3.63) is 52.0 Å². The van der Waals surface area contributed by atoms with Crippen LogP contribution in [0.25, 0.3) is 0 Å². The second-order valence-corrected chi connectivity index (χ2v) is 5.56. The zero-order chi connectivity index (χ0) is 14.7. The quantitative estimate of drug-likeness (QED) is 0.698. The summed E-state index contributed by atoms with van der Waals surface area (Å²) in [6, 6.07) is 11.0. The molecule has 0 aromatic heterocycles. The molecule has 2 nitrogen and oxygen atoms in total. The van der Waals surface area contributed by atoms with Crippen molar-refractivity contribution in [3.8, 4) is 17.2 Å². The number of ether oxygens (including phenoxy) is 2. The second kappa shape index (κ2) is 6.38. The van der Waals surface area contributed by atoms with E-state index in [4.69, 9.17) is 32.7 Å². The highest BCUT2D eigenvalue weighted by Crippen LogP contribution is 2.39. The van der Waals surface area contributed by atoms with Gasteiger partial charge in [-0.3, -0.25) is 0 Å². The molecule has 0 fully saturated rings. The molecule has 2 rings (SSSR count). The van der Waals surface area contributed by atoms with E-state index in [9.17, 15) is 0 Å². The molecule has 0 aliphatic rings. The normalized spacial score (nSPS) is 10.7. The summed E-state index contributed by atoms with van der Waals surface area (Å²) < 4.78 is 10.9. The van der Waals surface area contributed by atoms with E-state index in [0.717, 1.165) is 11.3 Å². The number of rotatable bonds is 4. The number of benzene rings is 2. The fourth-order valence-corrected chi connectivity index (χ4v) is 2.35. The van der Waals surface area contributed by atoms with Crippen molar-refractivity contribution >= 4 is 23.2 Å². The zero-order valence-corrected chi connectivity index (χ0v) is 13.1.